The van der Waals surface area contributed by atoms with Gasteiger partial charge in [0.2, 0.25) is 0 Å². The van der Waals surface area contributed by atoms with Gasteiger partial charge in [-0.3, -0.25) is 0 Å². The molecule has 78 valence electrons. The zero-order valence-corrected chi connectivity index (χ0v) is 9.38. The summed E-state index contributed by atoms with van der Waals surface area (Å²) in [7, 11) is 0. The van der Waals surface area contributed by atoms with E-state index in [4.69, 9.17) is 4.18 Å². The van der Waals surface area contributed by atoms with Gasteiger partial charge in [0.25, 0.3) is 0 Å². The van der Waals surface area contributed by atoms with Gasteiger partial charge in [0.1, 0.15) is 0 Å². The van der Waals surface area contributed by atoms with E-state index in [9.17, 15) is 0 Å². The lowest BCUT2D eigenvalue weighted by molar-refractivity contribution is 0.401. The Labute approximate surface area is 85.5 Å². The molecule has 0 aliphatic heterocycles. The molecule has 3 nitrogen and oxygen atoms in total. The molecule has 0 spiro atoms. The van der Waals surface area contributed by atoms with Crippen molar-refractivity contribution < 1.29 is 4.18 Å². The van der Waals surface area contributed by atoms with Crippen LogP contribution >= 0.6 is 12.0 Å². The quantitative estimate of drug-likeness (QED) is 0.443. The van der Waals surface area contributed by atoms with Crippen molar-refractivity contribution in [1.29, 1.82) is 0 Å². The second kappa shape index (κ2) is 9.74. The van der Waals surface area contributed by atoms with E-state index in [1.165, 1.54) is 12.0 Å². The van der Waals surface area contributed by atoms with Crippen LogP contribution in [0, 0.1) is 0 Å². The molecule has 0 radical (unpaired) electrons. The van der Waals surface area contributed by atoms with Crippen LogP contribution in [0.2, 0.25) is 0 Å². The summed E-state index contributed by atoms with van der Waals surface area (Å²) in [5.41, 5.74) is 0. The topological polar surface area (TPSA) is 33.3 Å². The standard InChI is InChI=1S/C9H20N2OS/c1-4-10-9(3)11-7-6-8-13-12-5-2/h10-11H,3-8H2,1-2H3. The largest absolute Gasteiger partial charge is 0.373 e. The molecule has 0 rings (SSSR count). The summed E-state index contributed by atoms with van der Waals surface area (Å²) in [4.78, 5) is 0. The Bertz CT molecular complexity index is 131. The Kier molecular flexibility index (Phi) is 9.47. The van der Waals surface area contributed by atoms with Crippen LogP contribution < -0.4 is 10.6 Å². The molecule has 4 heteroatoms. The van der Waals surface area contributed by atoms with Crippen molar-refractivity contribution in [3.05, 3.63) is 12.4 Å². The Morgan fingerprint density at radius 3 is 2.77 bits per heavy atom. The molecule has 0 aromatic rings. The van der Waals surface area contributed by atoms with Crippen LogP contribution in [0.1, 0.15) is 20.3 Å². The minimum atomic E-state index is 0.780. The average Bonchev–Trinajstić information content (AvgIpc) is 2.11. The molecule has 2 N–H and O–H groups in total. The lowest BCUT2D eigenvalue weighted by atomic mass is 10.5. The molecule has 0 atom stereocenters. The summed E-state index contributed by atoms with van der Waals surface area (Å²) in [6.45, 7) is 10.5. The molecule has 0 unspecified atom stereocenters. The van der Waals surface area contributed by atoms with Crippen LogP contribution in [0.25, 0.3) is 0 Å². The van der Waals surface area contributed by atoms with Gasteiger partial charge in [-0.1, -0.05) is 6.58 Å². The molecule has 0 saturated heterocycles. The van der Waals surface area contributed by atoms with Gasteiger partial charge in [-0.05, 0) is 32.3 Å². The third kappa shape index (κ3) is 9.56. The van der Waals surface area contributed by atoms with E-state index in [1.807, 2.05) is 6.92 Å². The first-order chi connectivity index (χ1) is 6.31. The fourth-order valence-electron chi connectivity index (χ4n) is 0.789. The molecular weight excluding hydrogens is 184 g/mol. The Morgan fingerprint density at radius 2 is 2.15 bits per heavy atom. The van der Waals surface area contributed by atoms with Gasteiger partial charge >= 0.3 is 0 Å². The molecule has 0 aromatic heterocycles. The van der Waals surface area contributed by atoms with E-state index in [-0.39, 0.29) is 0 Å². The van der Waals surface area contributed by atoms with Crippen LogP contribution in [-0.2, 0) is 4.18 Å². The third-order valence-corrected chi connectivity index (χ3v) is 2.19. The average molecular weight is 204 g/mol. The highest BCUT2D eigenvalue weighted by atomic mass is 32.2. The summed E-state index contributed by atoms with van der Waals surface area (Å²) < 4.78 is 5.14. The number of nitrogens with one attached hydrogen (secondary N) is 2. The zero-order chi connectivity index (χ0) is 9.94. The SMILES string of the molecule is C=C(NCC)NCCCSOCC. The summed E-state index contributed by atoms with van der Waals surface area (Å²) in [5, 5.41) is 6.29. The van der Waals surface area contributed by atoms with Crippen LogP contribution in [-0.4, -0.2) is 25.4 Å². The van der Waals surface area contributed by atoms with Crippen molar-refractivity contribution in [3.8, 4) is 0 Å². The van der Waals surface area contributed by atoms with Crippen molar-refractivity contribution in [2.75, 3.05) is 25.4 Å². The van der Waals surface area contributed by atoms with Crippen molar-refractivity contribution in [2.24, 2.45) is 0 Å². The molecule has 0 amide bonds. The second-order valence-corrected chi connectivity index (χ2v) is 3.40. The highest BCUT2D eigenvalue weighted by Crippen LogP contribution is 2.02. The highest BCUT2D eigenvalue weighted by Gasteiger charge is 1.91. The molecular formula is C9H20N2OS. The molecule has 0 fully saturated rings. The molecule has 0 heterocycles. The molecule has 13 heavy (non-hydrogen) atoms. The van der Waals surface area contributed by atoms with E-state index in [2.05, 4.69) is 24.1 Å². The summed E-state index contributed by atoms with van der Waals surface area (Å²) in [6.07, 6.45) is 1.09. The van der Waals surface area contributed by atoms with Crippen LogP contribution in [0.15, 0.2) is 12.4 Å². The monoisotopic (exact) mass is 204 g/mol. The summed E-state index contributed by atoms with van der Waals surface area (Å²) in [6, 6.07) is 0. The minimum Gasteiger partial charge on any atom is -0.373 e. The van der Waals surface area contributed by atoms with Crippen molar-refractivity contribution in [1.82, 2.24) is 10.6 Å². The van der Waals surface area contributed by atoms with E-state index >= 15 is 0 Å². The Balaban J connectivity index is 3.02. The maximum absolute atomic E-state index is 5.14. The molecule has 0 bridgehead atoms. The maximum Gasteiger partial charge on any atom is 0.0912 e. The van der Waals surface area contributed by atoms with Crippen LogP contribution in [0.4, 0.5) is 0 Å². The lowest BCUT2D eigenvalue weighted by Gasteiger charge is -2.09. The molecule has 0 saturated carbocycles. The van der Waals surface area contributed by atoms with Crippen LogP contribution in [0.3, 0.4) is 0 Å². The van der Waals surface area contributed by atoms with E-state index < -0.39 is 0 Å². The van der Waals surface area contributed by atoms with Gasteiger partial charge in [-0.15, -0.1) is 0 Å². The van der Waals surface area contributed by atoms with Gasteiger partial charge in [0, 0.05) is 18.8 Å². The highest BCUT2D eigenvalue weighted by molar-refractivity contribution is 7.94. The first-order valence-corrected chi connectivity index (χ1v) is 5.63. The van der Waals surface area contributed by atoms with Crippen molar-refractivity contribution in [2.45, 2.75) is 20.3 Å². The predicted octanol–water partition coefficient (Wildman–Crippen LogP) is 1.73. The van der Waals surface area contributed by atoms with E-state index in [0.29, 0.717) is 0 Å². The normalized spacial score (nSPS) is 9.69. The van der Waals surface area contributed by atoms with Crippen LogP contribution in [0.5, 0.6) is 0 Å². The maximum atomic E-state index is 5.14. The number of hydrogen-bond donors (Lipinski definition) is 2. The van der Waals surface area contributed by atoms with E-state index in [0.717, 1.165) is 37.7 Å². The van der Waals surface area contributed by atoms with Crippen molar-refractivity contribution >= 4 is 12.0 Å². The van der Waals surface area contributed by atoms with Crippen molar-refractivity contribution in [3.63, 3.8) is 0 Å². The molecule has 0 aromatic carbocycles. The first-order valence-electron chi connectivity index (χ1n) is 4.72. The summed E-state index contributed by atoms with van der Waals surface area (Å²) in [5.74, 6) is 1.93. The van der Waals surface area contributed by atoms with Gasteiger partial charge in [-0.2, -0.15) is 0 Å². The zero-order valence-electron chi connectivity index (χ0n) is 8.56. The second-order valence-electron chi connectivity index (χ2n) is 2.52. The fraction of sp³-hybridized carbons (Fsp3) is 0.778. The number of hydrogen-bond acceptors (Lipinski definition) is 4. The van der Waals surface area contributed by atoms with Gasteiger partial charge < -0.3 is 14.8 Å². The molecule has 0 aliphatic carbocycles. The van der Waals surface area contributed by atoms with Gasteiger partial charge in [0.05, 0.1) is 12.4 Å². The van der Waals surface area contributed by atoms with Gasteiger partial charge in [0.15, 0.2) is 0 Å². The predicted molar refractivity (Wildman–Crippen MR) is 59.5 cm³/mol. The fourth-order valence-corrected chi connectivity index (χ4v) is 1.34. The third-order valence-electron chi connectivity index (χ3n) is 1.33. The Hall–Kier alpha value is -0.350. The van der Waals surface area contributed by atoms with Gasteiger partial charge in [-0.25, -0.2) is 0 Å². The summed E-state index contributed by atoms with van der Waals surface area (Å²) >= 11 is 1.53. The number of rotatable bonds is 9. The minimum absolute atomic E-state index is 0.780. The smallest absolute Gasteiger partial charge is 0.0912 e. The Morgan fingerprint density at radius 1 is 1.38 bits per heavy atom. The van der Waals surface area contributed by atoms with E-state index in [1.54, 1.807) is 0 Å². The molecule has 0 aliphatic rings. The lowest BCUT2D eigenvalue weighted by Crippen LogP contribution is -2.26. The first kappa shape index (κ1) is 12.7.